The summed E-state index contributed by atoms with van der Waals surface area (Å²) >= 11 is 12.8. The van der Waals surface area contributed by atoms with E-state index in [9.17, 15) is 0 Å². The van der Waals surface area contributed by atoms with Crippen LogP contribution < -0.4 is 5.32 Å². The highest BCUT2D eigenvalue weighted by atomic mass is 35.5. The van der Waals surface area contributed by atoms with Crippen LogP contribution in [0.4, 0.5) is 0 Å². The first-order valence-corrected chi connectivity index (χ1v) is 11.0. The summed E-state index contributed by atoms with van der Waals surface area (Å²) in [5, 5.41) is 4.91. The third-order valence-electron chi connectivity index (χ3n) is 5.17. The lowest BCUT2D eigenvalue weighted by Gasteiger charge is -2.33. The quantitative estimate of drug-likeness (QED) is 0.546. The van der Waals surface area contributed by atoms with Gasteiger partial charge in [0, 0.05) is 48.7 Å². The number of hydrogen-bond donors (Lipinski definition) is 1. The summed E-state index contributed by atoms with van der Waals surface area (Å²) in [6, 6.07) is 12.7. The molecule has 6 heteroatoms. The van der Waals surface area contributed by atoms with Crippen LogP contribution in [0.3, 0.4) is 0 Å². The van der Waals surface area contributed by atoms with Crippen LogP contribution in [-0.2, 0) is 22.6 Å². The molecule has 0 saturated heterocycles. The van der Waals surface area contributed by atoms with E-state index in [1.165, 1.54) is 22.3 Å². The SMILES string of the molecule is CCOCCOCCNCc1cccc(C2CN(C)Cc3c(Cl)cc(Cl)cc32)c1. The molecule has 1 aliphatic rings. The zero-order chi connectivity index (χ0) is 20.6. The lowest BCUT2D eigenvalue weighted by Crippen LogP contribution is -2.31. The molecule has 3 rings (SSSR count). The normalized spacial score (nSPS) is 16.8. The summed E-state index contributed by atoms with van der Waals surface area (Å²) in [5.41, 5.74) is 4.99. The Bertz CT molecular complexity index is 800. The van der Waals surface area contributed by atoms with Crippen molar-refractivity contribution in [2.24, 2.45) is 0 Å². The summed E-state index contributed by atoms with van der Waals surface area (Å²) in [6.07, 6.45) is 0. The second-order valence-corrected chi connectivity index (χ2v) is 8.28. The molecule has 1 unspecified atom stereocenters. The van der Waals surface area contributed by atoms with Crippen LogP contribution in [0, 0.1) is 0 Å². The van der Waals surface area contributed by atoms with E-state index in [-0.39, 0.29) is 5.92 Å². The van der Waals surface area contributed by atoms with Gasteiger partial charge in [0.15, 0.2) is 0 Å². The maximum Gasteiger partial charge on any atom is 0.0701 e. The molecule has 0 fully saturated rings. The first kappa shape index (κ1) is 22.5. The molecule has 1 N–H and O–H groups in total. The second-order valence-electron chi connectivity index (χ2n) is 7.44. The van der Waals surface area contributed by atoms with Crippen LogP contribution in [0.1, 0.15) is 35.1 Å². The Hall–Kier alpha value is -1.14. The molecule has 0 saturated carbocycles. The fourth-order valence-corrected chi connectivity index (χ4v) is 4.36. The molecular weight excluding hydrogens is 407 g/mol. The smallest absolute Gasteiger partial charge is 0.0701 e. The van der Waals surface area contributed by atoms with Gasteiger partial charge in [-0.3, -0.25) is 0 Å². The summed E-state index contributed by atoms with van der Waals surface area (Å²) in [4.78, 5) is 2.32. The van der Waals surface area contributed by atoms with Crippen LogP contribution >= 0.6 is 23.2 Å². The largest absolute Gasteiger partial charge is 0.379 e. The molecule has 2 aromatic rings. The first-order valence-electron chi connectivity index (χ1n) is 10.2. The third kappa shape index (κ3) is 6.42. The molecule has 4 nitrogen and oxygen atoms in total. The van der Waals surface area contributed by atoms with Crippen molar-refractivity contribution in [1.29, 1.82) is 0 Å². The zero-order valence-corrected chi connectivity index (χ0v) is 18.7. The monoisotopic (exact) mass is 436 g/mol. The number of nitrogens with zero attached hydrogens (tertiary/aromatic N) is 1. The number of fused-ring (bicyclic) bond motifs is 1. The number of halogens is 2. The van der Waals surface area contributed by atoms with Crippen LogP contribution in [0.5, 0.6) is 0 Å². The van der Waals surface area contributed by atoms with Gasteiger partial charge in [0.25, 0.3) is 0 Å². The van der Waals surface area contributed by atoms with Gasteiger partial charge in [-0.05, 0) is 48.4 Å². The summed E-state index contributed by atoms with van der Waals surface area (Å²) in [5.74, 6) is 0.266. The standard InChI is InChI=1S/C23H30Cl2N2O2/c1-3-28-9-10-29-8-7-26-14-17-5-4-6-18(11-17)21-15-27(2)16-22-20(21)12-19(24)13-23(22)25/h4-6,11-13,21,26H,3,7-10,14-16H2,1-2H3. The summed E-state index contributed by atoms with van der Waals surface area (Å²) in [6.45, 7) is 8.14. The van der Waals surface area contributed by atoms with E-state index >= 15 is 0 Å². The van der Waals surface area contributed by atoms with Gasteiger partial charge in [0.05, 0.1) is 19.8 Å². The van der Waals surface area contributed by atoms with Crippen molar-refractivity contribution in [2.45, 2.75) is 25.9 Å². The minimum absolute atomic E-state index is 0.266. The predicted molar refractivity (Wildman–Crippen MR) is 120 cm³/mol. The predicted octanol–water partition coefficient (Wildman–Crippen LogP) is 4.71. The number of likely N-dealkylation sites (N-methyl/N-ethyl adjacent to an activating group) is 1. The molecule has 2 aromatic carbocycles. The van der Waals surface area contributed by atoms with E-state index in [1.807, 2.05) is 13.0 Å². The highest BCUT2D eigenvalue weighted by Gasteiger charge is 2.27. The van der Waals surface area contributed by atoms with Gasteiger partial charge in [-0.25, -0.2) is 0 Å². The Labute approximate surface area is 184 Å². The lowest BCUT2D eigenvalue weighted by atomic mass is 9.84. The Kier molecular flexibility index (Phi) is 8.79. The van der Waals surface area contributed by atoms with Gasteiger partial charge in [0.1, 0.15) is 0 Å². The van der Waals surface area contributed by atoms with Gasteiger partial charge in [0.2, 0.25) is 0 Å². The van der Waals surface area contributed by atoms with Gasteiger partial charge in [-0.2, -0.15) is 0 Å². The van der Waals surface area contributed by atoms with Crippen molar-refractivity contribution in [3.8, 4) is 0 Å². The van der Waals surface area contributed by atoms with Crippen molar-refractivity contribution in [3.05, 3.63) is 68.7 Å². The molecule has 0 radical (unpaired) electrons. The van der Waals surface area contributed by atoms with Crippen molar-refractivity contribution < 1.29 is 9.47 Å². The molecule has 158 valence electrons. The van der Waals surface area contributed by atoms with E-state index < -0.39 is 0 Å². The van der Waals surface area contributed by atoms with Crippen molar-refractivity contribution in [1.82, 2.24) is 10.2 Å². The molecule has 1 atom stereocenters. The Morgan fingerprint density at radius 2 is 1.93 bits per heavy atom. The summed E-state index contributed by atoms with van der Waals surface area (Å²) in [7, 11) is 2.14. The van der Waals surface area contributed by atoms with Crippen LogP contribution in [0.25, 0.3) is 0 Å². The highest BCUT2D eigenvalue weighted by Crippen LogP contribution is 2.38. The molecule has 0 spiro atoms. The molecule has 1 heterocycles. The number of rotatable bonds is 10. The number of ether oxygens (including phenoxy) is 2. The van der Waals surface area contributed by atoms with Crippen LogP contribution in [0.15, 0.2) is 36.4 Å². The molecule has 0 amide bonds. The number of benzene rings is 2. The molecular formula is C23H30Cl2N2O2. The number of nitrogens with one attached hydrogen (secondary N) is 1. The van der Waals surface area contributed by atoms with Gasteiger partial charge in [-0.1, -0.05) is 47.5 Å². The van der Waals surface area contributed by atoms with Crippen LogP contribution in [0.2, 0.25) is 10.0 Å². The average Bonchev–Trinajstić information content (AvgIpc) is 2.70. The first-order chi connectivity index (χ1) is 14.1. The Balaban J connectivity index is 1.61. The molecule has 29 heavy (non-hydrogen) atoms. The Morgan fingerprint density at radius 1 is 1.10 bits per heavy atom. The maximum atomic E-state index is 6.49. The average molecular weight is 437 g/mol. The summed E-state index contributed by atoms with van der Waals surface area (Å²) < 4.78 is 10.8. The van der Waals surface area contributed by atoms with Gasteiger partial charge >= 0.3 is 0 Å². The van der Waals surface area contributed by atoms with Crippen molar-refractivity contribution in [3.63, 3.8) is 0 Å². The third-order valence-corrected chi connectivity index (χ3v) is 5.73. The van der Waals surface area contributed by atoms with Gasteiger partial charge < -0.3 is 19.7 Å². The maximum absolute atomic E-state index is 6.49. The fourth-order valence-electron chi connectivity index (χ4n) is 3.79. The van der Waals surface area contributed by atoms with E-state index in [1.54, 1.807) is 0 Å². The Morgan fingerprint density at radius 3 is 2.76 bits per heavy atom. The van der Waals surface area contributed by atoms with E-state index in [0.717, 1.165) is 37.8 Å². The number of hydrogen-bond acceptors (Lipinski definition) is 4. The van der Waals surface area contributed by atoms with Crippen molar-refractivity contribution in [2.75, 3.05) is 46.6 Å². The van der Waals surface area contributed by atoms with Crippen LogP contribution in [-0.4, -0.2) is 51.5 Å². The molecule has 0 aliphatic carbocycles. The minimum Gasteiger partial charge on any atom is -0.379 e. The van der Waals surface area contributed by atoms with E-state index in [4.69, 9.17) is 32.7 Å². The molecule has 0 bridgehead atoms. The highest BCUT2D eigenvalue weighted by molar-refractivity contribution is 6.35. The second kappa shape index (κ2) is 11.3. The van der Waals surface area contributed by atoms with Gasteiger partial charge in [-0.15, -0.1) is 0 Å². The topological polar surface area (TPSA) is 33.7 Å². The van der Waals surface area contributed by atoms with E-state index in [2.05, 4.69) is 47.6 Å². The molecule has 0 aromatic heterocycles. The minimum atomic E-state index is 0.266. The molecule has 1 aliphatic heterocycles. The van der Waals surface area contributed by atoms with E-state index in [0.29, 0.717) is 24.8 Å². The zero-order valence-electron chi connectivity index (χ0n) is 17.2. The van der Waals surface area contributed by atoms with Crippen molar-refractivity contribution >= 4 is 23.2 Å². The fraction of sp³-hybridized carbons (Fsp3) is 0.478. The lowest BCUT2D eigenvalue weighted by molar-refractivity contribution is 0.0539.